The molecule has 0 aliphatic carbocycles. The van der Waals surface area contributed by atoms with Crippen LogP contribution in [0.2, 0.25) is 0 Å². The summed E-state index contributed by atoms with van der Waals surface area (Å²) in [6.45, 7) is 3.35. The van der Waals surface area contributed by atoms with Gasteiger partial charge in [0, 0.05) is 19.3 Å². The highest BCUT2D eigenvalue weighted by Gasteiger charge is 2.45. The van der Waals surface area contributed by atoms with E-state index in [1.165, 1.54) is 17.4 Å². The van der Waals surface area contributed by atoms with Crippen molar-refractivity contribution in [1.82, 2.24) is 19.3 Å². The molecule has 0 aromatic carbocycles. The Morgan fingerprint density at radius 1 is 1.23 bits per heavy atom. The van der Waals surface area contributed by atoms with Crippen LogP contribution in [0.3, 0.4) is 0 Å². The summed E-state index contributed by atoms with van der Waals surface area (Å²) in [5.41, 5.74) is 0.657. The van der Waals surface area contributed by atoms with Gasteiger partial charge in [0.1, 0.15) is 16.3 Å². The molecule has 2 aliphatic rings. The number of pyridine rings is 1. The normalized spacial score (nSPS) is 20.8. The van der Waals surface area contributed by atoms with E-state index in [4.69, 9.17) is 4.52 Å². The molecule has 4 heterocycles. The van der Waals surface area contributed by atoms with Crippen LogP contribution in [0, 0.1) is 13.8 Å². The average Bonchev–Trinajstić information content (AvgIpc) is 3.27. The van der Waals surface area contributed by atoms with Crippen molar-refractivity contribution in [3.63, 3.8) is 0 Å². The van der Waals surface area contributed by atoms with E-state index in [9.17, 15) is 18.0 Å². The summed E-state index contributed by atoms with van der Waals surface area (Å²) in [5.74, 6) is -0.692. The highest BCUT2D eigenvalue weighted by atomic mass is 32.2. The van der Waals surface area contributed by atoms with Gasteiger partial charge in [0.05, 0.1) is 11.6 Å². The molecular formula is C16H16N4O5S. The number of imide groups is 1. The van der Waals surface area contributed by atoms with Gasteiger partial charge in [-0.2, -0.15) is 4.31 Å². The number of sulfonamides is 1. The number of aryl methyl sites for hydroxylation is 2. The van der Waals surface area contributed by atoms with Gasteiger partial charge in [-0.3, -0.25) is 19.5 Å². The Labute approximate surface area is 149 Å². The zero-order chi connectivity index (χ0) is 18.6. The Morgan fingerprint density at radius 3 is 2.65 bits per heavy atom. The Kier molecular flexibility index (Phi) is 3.70. The summed E-state index contributed by atoms with van der Waals surface area (Å²) in [6, 6.07) is 2.62. The van der Waals surface area contributed by atoms with Gasteiger partial charge >= 0.3 is 0 Å². The van der Waals surface area contributed by atoms with E-state index < -0.39 is 27.9 Å². The minimum Gasteiger partial charge on any atom is -0.360 e. The maximum absolute atomic E-state index is 12.9. The molecule has 1 saturated heterocycles. The molecule has 2 amide bonds. The van der Waals surface area contributed by atoms with Gasteiger partial charge in [0.2, 0.25) is 10.0 Å². The maximum Gasteiger partial charge on any atom is 0.280 e. The summed E-state index contributed by atoms with van der Waals surface area (Å²) in [6.07, 6.45) is 1.82. The van der Waals surface area contributed by atoms with Crippen molar-refractivity contribution in [2.24, 2.45) is 0 Å². The van der Waals surface area contributed by atoms with Crippen molar-refractivity contribution in [3.8, 4) is 0 Å². The number of nitrogens with zero attached hydrogens (tertiary/aromatic N) is 4. The standard InChI is InChI=1S/C16H16N4O5S/c1-9-14(10(2)25-18-9)26(23,24)19-7-5-11(8-19)20-15(21)12-4-3-6-17-13(12)16(20)22/h3-4,6,11H,5,7-8H2,1-2H3. The summed E-state index contributed by atoms with van der Waals surface area (Å²) < 4.78 is 32.0. The van der Waals surface area contributed by atoms with E-state index in [0.717, 1.165) is 4.90 Å². The predicted octanol–water partition coefficient (Wildman–Crippen LogP) is 0.746. The number of hydrogen-bond acceptors (Lipinski definition) is 7. The molecule has 1 atom stereocenters. The van der Waals surface area contributed by atoms with Crippen LogP contribution in [-0.2, 0) is 10.0 Å². The number of amides is 2. The second-order valence-electron chi connectivity index (χ2n) is 6.34. The SMILES string of the molecule is Cc1noc(C)c1S(=O)(=O)N1CCC(N2C(=O)c3cccnc3C2=O)C1. The molecule has 26 heavy (non-hydrogen) atoms. The molecule has 0 spiro atoms. The molecule has 4 rings (SSSR count). The van der Waals surface area contributed by atoms with E-state index in [-0.39, 0.29) is 40.7 Å². The van der Waals surface area contributed by atoms with Gasteiger partial charge in [-0.05, 0) is 32.4 Å². The van der Waals surface area contributed by atoms with Crippen molar-refractivity contribution in [1.29, 1.82) is 0 Å². The third-order valence-electron chi connectivity index (χ3n) is 4.74. The monoisotopic (exact) mass is 376 g/mol. The lowest BCUT2D eigenvalue weighted by atomic mass is 10.2. The van der Waals surface area contributed by atoms with Gasteiger partial charge in [-0.1, -0.05) is 5.16 Å². The van der Waals surface area contributed by atoms with E-state index in [1.54, 1.807) is 19.1 Å². The molecule has 10 heteroatoms. The van der Waals surface area contributed by atoms with Crippen LogP contribution in [0.15, 0.2) is 27.7 Å². The highest BCUT2D eigenvalue weighted by molar-refractivity contribution is 7.89. The summed E-state index contributed by atoms with van der Waals surface area (Å²) >= 11 is 0. The van der Waals surface area contributed by atoms with Crippen LogP contribution in [0.1, 0.15) is 38.7 Å². The van der Waals surface area contributed by atoms with Gasteiger partial charge in [0.15, 0.2) is 5.76 Å². The molecule has 2 aromatic heterocycles. The molecule has 136 valence electrons. The van der Waals surface area contributed by atoms with Gasteiger partial charge < -0.3 is 4.52 Å². The molecule has 0 bridgehead atoms. The average molecular weight is 376 g/mol. The second kappa shape index (κ2) is 5.71. The molecule has 0 radical (unpaired) electrons. The van der Waals surface area contributed by atoms with E-state index in [0.29, 0.717) is 6.42 Å². The first-order valence-corrected chi connectivity index (χ1v) is 9.52. The highest BCUT2D eigenvalue weighted by Crippen LogP contribution is 2.31. The Balaban J connectivity index is 1.61. The Hall–Kier alpha value is -2.59. The van der Waals surface area contributed by atoms with E-state index >= 15 is 0 Å². The fourth-order valence-corrected chi connectivity index (χ4v) is 5.31. The summed E-state index contributed by atoms with van der Waals surface area (Å²) in [4.78, 5) is 30.2. The van der Waals surface area contributed by atoms with E-state index in [1.807, 2.05) is 0 Å². The topological polar surface area (TPSA) is 114 Å². The van der Waals surface area contributed by atoms with Crippen LogP contribution in [0.25, 0.3) is 0 Å². The Bertz CT molecular complexity index is 975. The van der Waals surface area contributed by atoms with Crippen LogP contribution in [-0.4, -0.2) is 58.7 Å². The fourth-order valence-electron chi connectivity index (χ4n) is 3.53. The van der Waals surface area contributed by atoms with Gasteiger partial charge in [-0.25, -0.2) is 8.42 Å². The second-order valence-corrected chi connectivity index (χ2v) is 8.21. The Morgan fingerprint density at radius 2 is 2.00 bits per heavy atom. The number of hydrogen-bond donors (Lipinski definition) is 0. The first-order chi connectivity index (χ1) is 12.3. The largest absolute Gasteiger partial charge is 0.360 e. The fraction of sp³-hybridized carbons (Fsp3) is 0.375. The molecule has 2 aromatic rings. The lowest BCUT2D eigenvalue weighted by Crippen LogP contribution is -2.42. The minimum absolute atomic E-state index is 0.0395. The molecule has 1 unspecified atom stereocenters. The van der Waals surface area contributed by atoms with Crippen LogP contribution in [0.4, 0.5) is 0 Å². The number of rotatable bonds is 3. The van der Waals surface area contributed by atoms with Crippen molar-refractivity contribution in [3.05, 3.63) is 41.0 Å². The molecule has 0 saturated carbocycles. The third kappa shape index (κ3) is 2.29. The van der Waals surface area contributed by atoms with Crippen molar-refractivity contribution in [2.45, 2.75) is 31.2 Å². The van der Waals surface area contributed by atoms with Gasteiger partial charge in [-0.15, -0.1) is 0 Å². The van der Waals surface area contributed by atoms with Crippen molar-refractivity contribution in [2.75, 3.05) is 13.1 Å². The smallest absolute Gasteiger partial charge is 0.280 e. The zero-order valence-electron chi connectivity index (χ0n) is 14.2. The number of carbonyl (C=O) groups is 2. The zero-order valence-corrected chi connectivity index (χ0v) is 15.0. The summed E-state index contributed by atoms with van der Waals surface area (Å²) in [5, 5.41) is 3.69. The van der Waals surface area contributed by atoms with Crippen LogP contribution >= 0.6 is 0 Å². The van der Waals surface area contributed by atoms with E-state index in [2.05, 4.69) is 10.1 Å². The molecule has 9 nitrogen and oxygen atoms in total. The number of fused-ring (bicyclic) bond motifs is 1. The van der Waals surface area contributed by atoms with Crippen molar-refractivity contribution >= 4 is 21.8 Å². The van der Waals surface area contributed by atoms with Crippen LogP contribution < -0.4 is 0 Å². The lowest BCUT2D eigenvalue weighted by molar-refractivity contribution is 0.0591. The quantitative estimate of drug-likeness (QED) is 0.726. The predicted molar refractivity (Wildman–Crippen MR) is 87.9 cm³/mol. The lowest BCUT2D eigenvalue weighted by Gasteiger charge is -2.22. The van der Waals surface area contributed by atoms with Crippen molar-refractivity contribution < 1.29 is 22.5 Å². The number of carbonyl (C=O) groups excluding carboxylic acids is 2. The first-order valence-electron chi connectivity index (χ1n) is 8.08. The molecule has 2 aliphatic heterocycles. The van der Waals surface area contributed by atoms with Gasteiger partial charge in [0.25, 0.3) is 11.8 Å². The number of aromatic nitrogens is 2. The van der Waals surface area contributed by atoms with Crippen LogP contribution in [0.5, 0.6) is 0 Å². The maximum atomic E-state index is 12.9. The third-order valence-corrected chi connectivity index (χ3v) is 6.85. The first kappa shape index (κ1) is 16.9. The molecular weight excluding hydrogens is 360 g/mol. The summed E-state index contributed by atoms with van der Waals surface area (Å²) in [7, 11) is -3.81. The molecule has 0 N–H and O–H groups in total. The minimum atomic E-state index is -3.81. The molecule has 1 fully saturated rings.